The minimum absolute atomic E-state index is 0.224. The Morgan fingerprint density at radius 2 is 2.29 bits per heavy atom. The molecule has 1 rings (SSSR count). The molecule has 6 heteroatoms. The van der Waals surface area contributed by atoms with E-state index in [1.165, 1.54) is 18.3 Å². The first-order valence-corrected chi connectivity index (χ1v) is 5.51. The Bertz CT molecular complexity index is 423. The fourth-order valence-corrected chi connectivity index (χ4v) is 1.32. The van der Waals surface area contributed by atoms with Gasteiger partial charge in [0.2, 0.25) is 0 Å². The van der Waals surface area contributed by atoms with E-state index >= 15 is 0 Å². The normalized spacial score (nSPS) is 11.7. The van der Waals surface area contributed by atoms with Gasteiger partial charge in [-0.15, -0.1) is 0 Å². The Kier molecular flexibility index (Phi) is 4.90. The number of halogens is 1. The van der Waals surface area contributed by atoms with E-state index in [1.54, 1.807) is 13.8 Å². The molecule has 0 aliphatic carbocycles. The fourth-order valence-electron chi connectivity index (χ4n) is 1.15. The maximum absolute atomic E-state index is 11.7. The summed E-state index contributed by atoms with van der Waals surface area (Å²) in [6.07, 6.45) is 1.42. The molecule has 0 saturated heterocycles. The average Bonchev–Trinajstić information content (AvgIpc) is 2.29. The number of hydrogen-bond donors (Lipinski definition) is 1. The Hall–Kier alpha value is -1.62. The lowest BCUT2D eigenvalue weighted by Crippen LogP contribution is -2.39. The zero-order chi connectivity index (χ0) is 12.8. The summed E-state index contributed by atoms with van der Waals surface area (Å²) in [4.78, 5) is 26.8. The Morgan fingerprint density at radius 1 is 1.59 bits per heavy atom. The molecular weight excluding hydrogens is 244 g/mol. The van der Waals surface area contributed by atoms with Gasteiger partial charge < -0.3 is 10.1 Å². The van der Waals surface area contributed by atoms with Crippen molar-refractivity contribution in [2.24, 2.45) is 0 Å². The van der Waals surface area contributed by atoms with Crippen LogP contribution in [0.1, 0.15) is 24.2 Å². The number of nitrogens with zero attached hydrogens (tertiary/aromatic N) is 1. The fraction of sp³-hybridized carbons (Fsp3) is 0.364. The molecule has 1 unspecified atom stereocenters. The van der Waals surface area contributed by atoms with Crippen LogP contribution in [0.4, 0.5) is 0 Å². The van der Waals surface area contributed by atoms with Crippen LogP contribution in [0.5, 0.6) is 0 Å². The molecule has 1 N–H and O–H groups in total. The molecule has 0 radical (unpaired) electrons. The van der Waals surface area contributed by atoms with Crippen molar-refractivity contribution in [2.75, 3.05) is 6.61 Å². The van der Waals surface area contributed by atoms with Crippen LogP contribution in [-0.2, 0) is 9.53 Å². The molecule has 5 nitrogen and oxygen atoms in total. The first kappa shape index (κ1) is 13.4. The smallest absolute Gasteiger partial charge is 0.328 e. The minimum atomic E-state index is -0.700. The predicted octanol–water partition coefficient (Wildman–Crippen LogP) is 1.42. The van der Waals surface area contributed by atoms with Gasteiger partial charge in [-0.3, -0.25) is 4.79 Å². The average molecular weight is 257 g/mol. The van der Waals surface area contributed by atoms with Gasteiger partial charge in [-0.1, -0.05) is 11.6 Å². The standard InChI is InChI=1S/C11H13ClN2O3/c1-3-17-11(16)7(2)14-10(15)8-4-5-13-9(12)6-8/h4-7H,3H2,1-2H3,(H,14,15). The number of nitrogens with one attached hydrogen (secondary N) is 1. The second-order valence-electron chi connectivity index (χ2n) is 3.31. The van der Waals surface area contributed by atoms with Gasteiger partial charge in [-0.2, -0.15) is 0 Å². The van der Waals surface area contributed by atoms with Crippen molar-refractivity contribution in [3.05, 3.63) is 29.0 Å². The first-order chi connectivity index (χ1) is 8.04. The molecule has 1 atom stereocenters. The SMILES string of the molecule is CCOC(=O)C(C)NC(=O)c1ccnc(Cl)c1. The van der Waals surface area contributed by atoms with Crippen molar-refractivity contribution in [1.82, 2.24) is 10.3 Å². The van der Waals surface area contributed by atoms with Crippen LogP contribution in [0.15, 0.2) is 18.3 Å². The van der Waals surface area contributed by atoms with Crippen LogP contribution in [0, 0.1) is 0 Å². The van der Waals surface area contributed by atoms with Gasteiger partial charge in [-0.25, -0.2) is 9.78 Å². The van der Waals surface area contributed by atoms with Gasteiger partial charge in [0, 0.05) is 11.8 Å². The van der Waals surface area contributed by atoms with Gasteiger partial charge >= 0.3 is 5.97 Å². The van der Waals surface area contributed by atoms with Gasteiger partial charge in [0.1, 0.15) is 11.2 Å². The summed E-state index contributed by atoms with van der Waals surface area (Å²) in [5.74, 6) is -0.865. The summed E-state index contributed by atoms with van der Waals surface area (Å²) >= 11 is 5.66. The maximum Gasteiger partial charge on any atom is 0.328 e. The van der Waals surface area contributed by atoms with Crippen molar-refractivity contribution in [3.8, 4) is 0 Å². The largest absolute Gasteiger partial charge is 0.464 e. The van der Waals surface area contributed by atoms with Crippen LogP contribution in [0.2, 0.25) is 5.15 Å². The molecule has 0 saturated carbocycles. The van der Waals surface area contributed by atoms with Gasteiger partial charge in [0.15, 0.2) is 0 Å². The van der Waals surface area contributed by atoms with Gasteiger partial charge in [0.25, 0.3) is 5.91 Å². The molecule has 1 aromatic rings. The highest BCUT2D eigenvalue weighted by molar-refractivity contribution is 6.29. The van der Waals surface area contributed by atoms with Crippen LogP contribution in [0.25, 0.3) is 0 Å². The van der Waals surface area contributed by atoms with Crippen LogP contribution in [0.3, 0.4) is 0 Å². The molecule has 1 amide bonds. The number of hydrogen-bond acceptors (Lipinski definition) is 4. The molecule has 1 heterocycles. The van der Waals surface area contributed by atoms with Crippen LogP contribution in [-0.4, -0.2) is 29.5 Å². The van der Waals surface area contributed by atoms with E-state index in [9.17, 15) is 9.59 Å². The first-order valence-electron chi connectivity index (χ1n) is 5.13. The van der Waals surface area contributed by atoms with Crippen molar-refractivity contribution >= 4 is 23.5 Å². The molecule has 92 valence electrons. The van der Waals surface area contributed by atoms with Crippen LogP contribution >= 0.6 is 11.6 Å². The lowest BCUT2D eigenvalue weighted by Gasteiger charge is -2.12. The summed E-state index contributed by atoms with van der Waals surface area (Å²) in [6.45, 7) is 3.54. The van der Waals surface area contributed by atoms with E-state index in [2.05, 4.69) is 10.3 Å². The van der Waals surface area contributed by atoms with Gasteiger partial charge in [0.05, 0.1) is 6.61 Å². The predicted molar refractivity (Wildman–Crippen MR) is 62.8 cm³/mol. The van der Waals surface area contributed by atoms with Crippen LogP contribution < -0.4 is 5.32 Å². The summed E-state index contributed by atoms with van der Waals surface area (Å²) in [5, 5.41) is 2.73. The Morgan fingerprint density at radius 3 is 2.88 bits per heavy atom. The molecule has 1 aromatic heterocycles. The number of aromatic nitrogens is 1. The molecule has 0 aliphatic rings. The second kappa shape index (κ2) is 6.20. The highest BCUT2D eigenvalue weighted by atomic mass is 35.5. The Balaban J connectivity index is 2.63. The van der Waals surface area contributed by atoms with Crippen molar-refractivity contribution in [2.45, 2.75) is 19.9 Å². The molecule has 0 spiro atoms. The lowest BCUT2D eigenvalue weighted by molar-refractivity contribution is -0.144. The third-order valence-corrected chi connectivity index (χ3v) is 2.18. The quantitative estimate of drug-likeness (QED) is 0.653. The van der Waals surface area contributed by atoms with E-state index in [0.717, 1.165) is 0 Å². The summed E-state index contributed by atoms with van der Waals surface area (Å²) in [5.41, 5.74) is 0.348. The Labute approximate surface area is 104 Å². The molecule has 17 heavy (non-hydrogen) atoms. The zero-order valence-electron chi connectivity index (χ0n) is 9.57. The third kappa shape index (κ3) is 4.03. The number of carbonyl (C=O) groups is 2. The molecule has 0 fully saturated rings. The summed E-state index contributed by atoms with van der Waals surface area (Å²) < 4.78 is 4.77. The number of ether oxygens (including phenoxy) is 1. The number of carbonyl (C=O) groups excluding carboxylic acids is 2. The van der Waals surface area contributed by atoms with E-state index in [4.69, 9.17) is 16.3 Å². The molecule has 0 aromatic carbocycles. The monoisotopic (exact) mass is 256 g/mol. The highest BCUT2D eigenvalue weighted by Gasteiger charge is 2.17. The van der Waals surface area contributed by atoms with E-state index < -0.39 is 17.9 Å². The maximum atomic E-state index is 11.7. The number of amides is 1. The van der Waals surface area contributed by atoms with Gasteiger partial charge in [-0.05, 0) is 26.0 Å². The third-order valence-electron chi connectivity index (χ3n) is 1.98. The summed E-state index contributed by atoms with van der Waals surface area (Å²) in [7, 11) is 0. The number of esters is 1. The lowest BCUT2D eigenvalue weighted by atomic mass is 10.2. The minimum Gasteiger partial charge on any atom is -0.464 e. The number of pyridine rings is 1. The summed E-state index contributed by atoms with van der Waals surface area (Å²) in [6, 6.07) is 2.24. The molecular formula is C11H13ClN2O3. The van der Waals surface area contributed by atoms with E-state index in [-0.39, 0.29) is 11.8 Å². The molecule has 0 bridgehead atoms. The zero-order valence-corrected chi connectivity index (χ0v) is 10.3. The van der Waals surface area contributed by atoms with Crippen molar-refractivity contribution in [3.63, 3.8) is 0 Å². The highest BCUT2D eigenvalue weighted by Crippen LogP contribution is 2.07. The number of rotatable bonds is 4. The van der Waals surface area contributed by atoms with Crippen molar-refractivity contribution < 1.29 is 14.3 Å². The van der Waals surface area contributed by atoms with Crippen molar-refractivity contribution in [1.29, 1.82) is 0 Å². The second-order valence-corrected chi connectivity index (χ2v) is 3.70. The topological polar surface area (TPSA) is 68.3 Å². The van der Waals surface area contributed by atoms with E-state index in [0.29, 0.717) is 5.56 Å². The molecule has 0 aliphatic heterocycles. The van der Waals surface area contributed by atoms with E-state index in [1.807, 2.05) is 0 Å².